The highest BCUT2D eigenvalue weighted by atomic mass is 35.5. The Labute approximate surface area is 202 Å². The van der Waals surface area contributed by atoms with E-state index >= 15 is 0 Å². The van der Waals surface area contributed by atoms with Gasteiger partial charge in [0, 0.05) is 37.6 Å². The SMILES string of the molecule is O=S(=O)(c1ccc(Cl)cc1)N1CCc2nc(N3CCOCC3)nc(Oc3ccc(F)cc3)c2C1. The van der Waals surface area contributed by atoms with Crippen LogP contribution in [0.5, 0.6) is 11.6 Å². The van der Waals surface area contributed by atoms with Gasteiger partial charge in [-0.1, -0.05) is 11.6 Å². The van der Waals surface area contributed by atoms with Gasteiger partial charge in [0.25, 0.3) is 0 Å². The Morgan fingerprint density at radius 3 is 2.38 bits per heavy atom. The van der Waals surface area contributed by atoms with E-state index in [9.17, 15) is 12.8 Å². The molecule has 1 fully saturated rings. The number of halogens is 2. The van der Waals surface area contributed by atoms with Gasteiger partial charge in [0.15, 0.2) is 0 Å². The number of anilines is 1. The number of ether oxygens (including phenoxy) is 2. The summed E-state index contributed by atoms with van der Waals surface area (Å²) >= 11 is 5.92. The maximum absolute atomic E-state index is 13.4. The van der Waals surface area contributed by atoms with E-state index in [2.05, 4.69) is 4.98 Å². The van der Waals surface area contributed by atoms with Crippen LogP contribution in [-0.2, 0) is 27.7 Å². The van der Waals surface area contributed by atoms with Crippen molar-refractivity contribution < 1.29 is 22.3 Å². The minimum atomic E-state index is -3.76. The molecule has 11 heteroatoms. The van der Waals surface area contributed by atoms with Crippen LogP contribution in [0.15, 0.2) is 53.4 Å². The predicted molar refractivity (Wildman–Crippen MR) is 124 cm³/mol. The first-order valence-corrected chi connectivity index (χ1v) is 12.6. The summed E-state index contributed by atoms with van der Waals surface area (Å²) in [7, 11) is -3.76. The first-order chi connectivity index (χ1) is 16.4. The van der Waals surface area contributed by atoms with E-state index in [0.29, 0.717) is 55.0 Å². The third-order valence-corrected chi connectivity index (χ3v) is 7.86. The topological polar surface area (TPSA) is 84.9 Å². The molecule has 3 aromatic rings. The fraction of sp³-hybridized carbons (Fsp3) is 0.304. The Hall–Kier alpha value is -2.79. The molecule has 2 aliphatic heterocycles. The Morgan fingerprint density at radius 1 is 0.971 bits per heavy atom. The Kier molecular flexibility index (Phi) is 6.39. The average molecular weight is 505 g/mol. The number of hydrogen-bond donors (Lipinski definition) is 0. The van der Waals surface area contributed by atoms with Gasteiger partial charge in [-0.25, -0.2) is 17.8 Å². The quantitative estimate of drug-likeness (QED) is 0.524. The Morgan fingerprint density at radius 2 is 1.68 bits per heavy atom. The summed E-state index contributed by atoms with van der Waals surface area (Å²) in [6, 6.07) is 11.7. The monoisotopic (exact) mass is 504 g/mol. The van der Waals surface area contributed by atoms with Crippen molar-refractivity contribution in [1.82, 2.24) is 14.3 Å². The number of sulfonamides is 1. The van der Waals surface area contributed by atoms with Crippen LogP contribution in [0.2, 0.25) is 5.02 Å². The van der Waals surface area contributed by atoms with Crippen LogP contribution in [0, 0.1) is 5.82 Å². The predicted octanol–water partition coefficient (Wildman–Crippen LogP) is 3.65. The zero-order valence-corrected chi connectivity index (χ0v) is 19.7. The molecular weight excluding hydrogens is 483 g/mol. The molecule has 178 valence electrons. The highest BCUT2D eigenvalue weighted by Crippen LogP contribution is 2.33. The number of nitrogens with zero attached hydrogens (tertiary/aromatic N) is 4. The standard InChI is InChI=1S/C23H22ClFN4O4S/c24-16-1-7-19(8-2-16)34(30,31)29-10-9-21-20(15-29)22(33-18-5-3-17(25)4-6-18)27-23(26-21)28-11-13-32-14-12-28/h1-8H,9-15H2. The number of fused-ring (bicyclic) bond motifs is 1. The maximum Gasteiger partial charge on any atom is 0.243 e. The van der Waals surface area contributed by atoms with Crippen LogP contribution >= 0.6 is 11.6 Å². The number of rotatable bonds is 5. The molecule has 0 radical (unpaired) electrons. The lowest BCUT2D eigenvalue weighted by atomic mass is 10.1. The second-order valence-electron chi connectivity index (χ2n) is 7.95. The van der Waals surface area contributed by atoms with Crippen LogP contribution < -0.4 is 9.64 Å². The van der Waals surface area contributed by atoms with E-state index < -0.39 is 10.0 Å². The highest BCUT2D eigenvalue weighted by molar-refractivity contribution is 7.89. The molecule has 2 aliphatic rings. The largest absolute Gasteiger partial charge is 0.438 e. The summed E-state index contributed by atoms with van der Waals surface area (Å²) in [5.41, 5.74) is 1.32. The molecule has 0 atom stereocenters. The normalized spacial score (nSPS) is 16.8. The fourth-order valence-electron chi connectivity index (χ4n) is 3.91. The summed E-state index contributed by atoms with van der Waals surface area (Å²) in [5.74, 6) is 0.779. The van der Waals surface area contributed by atoms with Gasteiger partial charge in [0.2, 0.25) is 21.9 Å². The van der Waals surface area contributed by atoms with Crippen LogP contribution in [0.4, 0.5) is 10.3 Å². The van der Waals surface area contributed by atoms with Crippen LogP contribution in [0.1, 0.15) is 11.3 Å². The van der Waals surface area contributed by atoms with Gasteiger partial charge < -0.3 is 14.4 Å². The lowest BCUT2D eigenvalue weighted by Crippen LogP contribution is -2.39. The molecule has 0 saturated carbocycles. The Bertz CT molecular complexity index is 1280. The van der Waals surface area contributed by atoms with E-state index in [1.165, 1.54) is 40.7 Å². The second kappa shape index (κ2) is 9.46. The molecular formula is C23H22ClFN4O4S. The zero-order chi connectivity index (χ0) is 23.7. The molecule has 34 heavy (non-hydrogen) atoms. The van der Waals surface area contributed by atoms with Gasteiger partial charge in [-0.05, 0) is 48.5 Å². The summed E-state index contributed by atoms with van der Waals surface area (Å²) in [4.78, 5) is 11.5. The summed E-state index contributed by atoms with van der Waals surface area (Å²) in [6.07, 6.45) is 0.405. The molecule has 5 rings (SSSR count). The van der Waals surface area contributed by atoms with Crippen LogP contribution in [-0.4, -0.2) is 55.5 Å². The van der Waals surface area contributed by atoms with Crippen molar-refractivity contribution in [3.63, 3.8) is 0 Å². The summed E-state index contributed by atoms with van der Waals surface area (Å²) < 4.78 is 52.8. The minimum absolute atomic E-state index is 0.0558. The van der Waals surface area contributed by atoms with Crippen molar-refractivity contribution in [1.29, 1.82) is 0 Å². The van der Waals surface area contributed by atoms with E-state index in [4.69, 9.17) is 26.1 Å². The van der Waals surface area contributed by atoms with Crippen molar-refractivity contribution in [3.05, 3.63) is 70.6 Å². The number of hydrogen-bond acceptors (Lipinski definition) is 7. The van der Waals surface area contributed by atoms with Gasteiger partial charge >= 0.3 is 0 Å². The molecule has 0 unspecified atom stereocenters. The molecule has 3 heterocycles. The molecule has 0 spiro atoms. The molecule has 8 nitrogen and oxygen atoms in total. The van der Waals surface area contributed by atoms with Gasteiger partial charge in [-0.3, -0.25) is 0 Å². The number of aromatic nitrogens is 2. The first-order valence-electron chi connectivity index (χ1n) is 10.8. The van der Waals surface area contributed by atoms with Crippen molar-refractivity contribution in [3.8, 4) is 11.6 Å². The minimum Gasteiger partial charge on any atom is -0.438 e. The third-order valence-electron chi connectivity index (χ3n) is 5.75. The maximum atomic E-state index is 13.4. The van der Waals surface area contributed by atoms with Gasteiger partial charge in [-0.2, -0.15) is 9.29 Å². The first kappa shape index (κ1) is 23.0. The lowest BCUT2D eigenvalue weighted by Gasteiger charge is -2.31. The van der Waals surface area contributed by atoms with Crippen molar-refractivity contribution in [2.24, 2.45) is 0 Å². The van der Waals surface area contributed by atoms with Crippen LogP contribution in [0.3, 0.4) is 0 Å². The smallest absolute Gasteiger partial charge is 0.243 e. The van der Waals surface area contributed by atoms with Gasteiger partial charge in [0.05, 0.1) is 29.4 Å². The molecule has 0 N–H and O–H groups in total. The number of benzene rings is 2. The van der Waals surface area contributed by atoms with E-state index in [1.807, 2.05) is 4.90 Å². The van der Waals surface area contributed by atoms with E-state index in [-0.39, 0.29) is 29.7 Å². The van der Waals surface area contributed by atoms with E-state index in [1.54, 1.807) is 12.1 Å². The van der Waals surface area contributed by atoms with Gasteiger partial charge in [-0.15, -0.1) is 0 Å². The van der Waals surface area contributed by atoms with E-state index in [0.717, 1.165) is 5.69 Å². The van der Waals surface area contributed by atoms with Crippen molar-refractivity contribution >= 4 is 27.6 Å². The zero-order valence-electron chi connectivity index (χ0n) is 18.2. The van der Waals surface area contributed by atoms with Gasteiger partial charge in [0.1, 0.15) is 11.6 Å². The second-order valence-corrected chi connectivity index (χ2v) is 10.3. The number of morpholine rings is 1. The lowest BCUT2D eigenvalue weighted by molar-refractivity contribution is 0.122. The van der Waals surface area contributed by atoms with Crippen LogP contribution in [0.25, 0.3) is 0 Å². The molecule has 1 aromatic heterocycles. The fourth-order valence-corrected chi connectivity index (χ4v) is 5.45. The highest BCUT2D eigenvalue weighted by Gasteiger charge is 2.32. The molecule has 0 aliphatic carbocycles. The molecule has 1 saturated heterocycles. The molecule has 0 bridgehead atoms. The van der Waals surface area contributed by atoms with Crippen molar-refractivity contribution in [2.45, 2.75) is 17.9 Å². The summed E-state index contributed by atoms with van der Waals surface area (Å²) in [5, 5.41) is 0.460. The van der Waals surface area contributed by atoms with Crippen molar-refractivity contribution in [2.75, 3.05) is 37.7 Å². The third kappa shape index (κ3) is 4.72. The molecule has 0 amide bonds. The Balaban J connectivity index is 1.51. The average Bonchev–Trinajstić information content (AvgIpc) is 2.86. The summed E-state index contributed by atoms with van der Waals surface area (Å²) in [6.45, 7) is 2.76. The molecule has 2 aromatic carbocycles.